The normalized spacial score (nSPS) is 15.7. The minimum Gasteiger partial charge on any atom is -0.464 e. The molecule has 1 N–H and O–H groups in total. The summed E-state index contributed by atoms with van der Waals surface area (Å²) in [4.78, 5) is 25.2. The molecule has 1 heterocycles. The van der Waals surface area contributed by atoms with E-state index in [0.717, 1.165) is 5.56 Å². The predicted octanol–water partition coefficient (Wildman–Crippen LogP) is 2.27. The van der Waals surface area contributed by atoms with Crippen LogP contribution in [0.5, 0.6) is 0 Å². The Morgan fingerprint density at radius 3 is 2.50 bits per heavy atom. The number of nitrogens with one attached hydrogen (secondary N) is 1. The maximum absolute atomic E-state index is 13.0. The molecule has 2 aromatic rings. The first-order valence-electron chi connectivity index (χ1n) is 10.2. The number of amides is 1. The predicted molar refractivity (Wildman–Crippen MR) is 119 cm³/mol. The Hall–Kier alpha value is -2.46. The first-order chi connectivity index (χ1) is 15.3. The Bertz CT molecular complexity index is 1060. The smallest absolute Gasteiger partial charge is 0.328 e. The standard InChI is InChI=1S/C22H25ClN2O6S/c1-2-31-22(27)19(14-16-6-4-3-5-7-16)24-21(26)17-8-9-18(23)20(15-17)32(28,29)25-10-12-30-13-11-25/h3-9,15,19H,2,10-14H2,1H3,(H,24,26). The summed E-state index contributed by atoms with van der Waals surface area (Å²) in [6, 6.07) is 12.3. The van der Waals surface area contributed by atoms with Crippen LogP contribution in [0.4, 0.5) is 0 Å². The fourth-order valence-corrected chi connectivity index (χ4v) is 5.20. The van der Waals surface area contributed by atoms with E-state index in [1.165, 1.54) is 22.5 Å². The Labute approximate surface area is 192 Å². The molecular weight excluding hydrogens is 456 g/mol. The Morgan fingerprint density at radius 2 is 1.84 bits per heavy atom. The van der Waals surface area contributed by atoms with Gasteiger partial charge in [0.25, 0.3) is 5.91 Å². The molecule has 1 aliphatic heterocycles. The SMILES string of the molecule is CCOC(=O)C(Cc1ccccc1)NC(=O)c1ccc(Cl)c(S(=O)(=O)N2CCOCC2)c1. The van der Waals surface area contributed by atoms with Gasteiger partial charge in [0.05, 0.1) is 24.8 Å². The largest absolute Gasteiger partial charge is 0.464 e. The summed E-state index contributed by atoms with van der Waals surface area (Å²) >= 11 is 6.17. The maximum Gasteiger partial charge on any atom is 0.328 e. The van der Waals surface area contributed by atoms with Crippen LogP contribution in [0.25, 0.3) is 0 Å². The van der Waals surface area contributed by atoms with E-state index in [1.807, 2.05) is 30.3 Å². The van der Waals surface area contributed by atoms with Gasteiger partial charge in [-0.1, -0.05) is 41.9 Å². The van der Waals surface area contributed by atoms with E-state index in [4.69, 9.17) is 21.1 Å². The van der Waals surface area contributed by atoms with E-state index in [0.29, 0.717) is 0 Å². The summed E-state index contributed by atoms with van der Waals surface area (Å²) in [5.74, 6) is -1.17. The molecule has 1 fully saturated rings. The van der Waals surface area contributed by atoms with Crippen LogP contribution in [-0.2, 0) is 30.7 Å². The molecule has 1 atom stereocenters. The lowest BCUT2D eigenvalue weighted by Gasteiger charge is -2.26. The van der Waals surface area contributed by atoms with Crippen LogP contribution in [0.2, 0.25) is 5.02 Å². The Kier molecular flexibility index (Phi) is 8.25. The number of ether oxygens (including phenoxy) is 2. The van der Waals surface area contributed by atoms with Gasteiger partial charge in [0, 0.05) is 25.1 Å². The number of rotatable bonds is 8. The van der Waals surface area contributed by atoms with Gasteiger partial charge < -0.3 is 14.8 Å². The van der Waals surface area contributed by atoms with Crippen molar-refractivity contribution >= 4 is 33.5 Å². The van der Waals surface area contributed by atoms with Crippen molar-refractivity contribution in [3.05, 3.63) is 64.7 Å². The van der Waals surface area contributed by atoms with E-state index in [2.05, 4.69) is 5.32 Å². The molecule has 0 aliphatic carbocycles. The molecule has 1 amide bonds. The van der Waals surface area contributed by atoms with Crippen LogP contribution in [0, 0.1) is 0 Å². The molecule has 172 valence electrons. The van der Waals surface area contributed by atoms with Gasteiger partial charge in [-0.25, -0.2) is 13.2 Å². The highest BCUT2D eigenvalue weighted by atomic mass is 35.5. The van der Waals surface area contributed by atoms with Crippen molar-refractivity contribution < 1.29 is 27.5 Å². The van der Waals surface area contributed by atoms with Gasteiger partial charge >= 0.3 is 5.97 Å². The third-order valence-electron chi connectivity index (χ3n) is 4.94. The van der Waals surface area contributed by atoms with E-state index < -0.39 is 27.9 Å². The maximum atomic E-state index is 13.0. The van der Waals surface area contributed by atoms with Gasteiger partial charge in [-0.15, -0.1) is 0 Å². The van der Waals surface area contributed by atoms with Crippen LogP contribution in [-0.4, -0.2) is 63.6 Å². The molecule has 1 saturated heterocycles. The van der Waals surface area contributed by atoms with Gasteiger partial charge in [0.2, 0.25) is 10.0 Å². The zero-order valence-corrected chi connectivity index (χ0v) is 19.2. The molecule has 1 unspecified atom stereocenters. The van der Waals surface area contributed by atoms with Gasteiger partial charge in [-0.05, 0) is 30.7 Å². The summed E-state index contributed by atoms with van der Waals surface area (Å²) in [7, 11) is -3.90. The molecule has 0 saturated carbocycles. The van der Waals surface area contributed by atoms with Gasteiger partial charge in [0.15, 0.2) is 0 Å². The third kappa shape index (κ3) is 5.86. The molecule has 1 aliphatic rings. The summed E-state index contributed by atoms with van der Waals surface area (Å²) < 4.78 is 37.6. The second-order valence-electron chi connectivity index (χ2n) is 7.13. The number of carbonyl (C=O) groups excluding carboxylic acids is 2. The fraction of sp³-hybridized carbons (Fsp3) is 0.364. The zero-order chi connectivity index (χ0) is 23.1. The third-order valence-corrected chi connectivity index (χ3v) is 7.32. The van der Waals surface area contributed by atoms with Gasteiger partial charge in [-0.3, -0.25) is 4.79 Å². The molecule has 0 radical (unpaired) electrons. The molecule has 0 spiro atoms. The zero-order valence-electron chi connectivity index (χ0n) is 17.6. The Balaban J connectivity index is 1.83. The van der Waals surface area contributed by atoms with Crippen molar-refractivity contribution in [1.82, 2.24) is 9.62 Å². The van der Waals surface area contributed by atoms with Crippen LogP contribution in [0.15, 0.2) is 53.4 Å². The van der Waals surface area contributed by atoms with Crippen LogP contribution < -0.4 is 5.32 Å². The van der Waals surface area contributed by atoms with E-state index in [-0.39, 0.29) is 54.8 Å². The van der Waals surface area contributed by atoms with E-state index in [9.17, 15) is 18.0 Å². The number of hydrogen-bond donors (Lipinski definition) is 1. The quantitative estimate of drug-likeness (QED) is 0.581. The second-order valence-corrected chi connectivity index (χ2v) is 9.44. The molecule has 2 aromatic carbocycles. The van der Waals surface area contributed by atoms with Crippen molar-refractivity contribution in [1.29, 1.82) is 0 Å². The highest BCUT2D eigenvalue weighted by Crippen LogP contribution is 2.26. The number of sulfonamides is 1. The number of nitrogens with zero attached hydrogens (tertiary/aromatic N) is 1. The molecule has 10 heteroatoms. The summed E-state index contributed by atoms with van der Waals surface area (Å²) in [5.41, 5.74) is 0.918. The minimum atomic E-state index is -3.90. The van der Waals surface area contributed by atoms with Crippen molar-refractivity contribution in [2.45, 2.75) is 24.3 Å². The van der Waals surface area contributed by atoms with Crippen LogP contribution >= 0.6 is 11.6 Å². The van der Waals surface area contributed by atoms with Crippen molar-refractivity contribution in [2.24, 2.45) is 0 Å². The van der Waals surface area contributed by atoms with Crippen molar-refractivity contribution in [2.75, 3.05) is 32.9 Å². The van der Waals surface area contributed by atoms with E-state index in [1.54, 1.807) is 6.92 Å². The molecule has 8 nitrogen and oxygen atoms in total. The van der Waals surface area contributed by atoms with Crippen LogP contribution in [0.3, 0.4) is 0 Å². The monoisotopic (exact) mass is 480 g/mol. The average molecular weight is 481 g/mol. The number of hydrogen-bond acceptors (Lipinski definition) is 6. The highest BCUT2D eigenvalue weighted by molar-refractivity contribution is 7.89. The number of carbonyl (C=O) groups is 2. The molecule has 3 rings (SSSR count). The summed E-state index contributed by atoms with van der Waals surface area (Å²) in [5, 5.41) is 2.67. The van der Waals surface area contributed by atoms with Crippen molar-refractivity contribution in [3.63, 3.8) is 0 Å². The van der Waals surface area contributed by atoms with Gasteiger partial charge in [0.1, 0.15) is 10.9 Å². The second kappa shape index (κ2) is 10.9. The lowest BCUT2D eigenvalue weighted by molar-refractivity contribution is -0.145. The molecular formula is C22H25ClN2O6S. The fourth-order valence-electron chi connectivity index (χ4n) is 3.30. The molecule has 0 bridgehead atoms. The lowest BCUT2D eigenvalue weighted by Crippen LogP contribution is -2.43. The number of halogens is 1. The number of morpholine rings is 1. The van der Waals surface area contributed by atoms with Crippen molar-refractivity contribution in [3.8, 4) is 0 Å². The van der Waals surface area contributed by atoms with Gasteiger partial charge in [-0.2, -0.15) is 4.31 Å². The summed E-state index contributed by atoms with van der Waals surface area (Å²) in [6.45, 7) is 2.84. The molecule has 32 heavy (non-hydrogen) atoms. The highest BCUT2D eigenvalue weighted by Gasteiger charge is 2.30. The van der Waals surface area contributed by atoms with Crippen LogP contribution in [0.1, 0.15) is 22.8 Å². The first kappa shape index (κ1) is 24.2. The number of benzene rings is 2. The average Bonchev–Trinajstić information content (AvgIpc) is 2.80. The summed E-state index contributed by atoms with van der Waals surface area (Å²) in [6.07, 6.45) is 0.234. The lowest BCUT2D eigenvalue weighted by atomic mass is 10.1. The topological polar surface area (TPSA) is 102 Å². The minimum absolute atomic E-state index is 0.0132. The first-order valence-corrected chi connectivity index (χ1v) is 12.0. The number of esters is 1. The Morgan fingerprint density at radius 1 is 1.16 bits per heavy atom. The molecule has 0 aromatic heterocycles. The van der Waals surface area contributed by atoms with E-state index >= 15 is 0 Å².